The van der Waals surface area contributed by atoms with Gasteiger partial charge in [0.2, 0.25) is 11.8 Å². The van der Waals surface area contributed by atoms with Crippen LogP contribution < -0.4 is 14.8 Å². The maximum Gasteiger partial charge on any atom is 0.249 e. The summed E-state index contributed by atoms with van der Waals surface area (Å²) >= 11 is 0. The van der Waals surface area contributed by atoms with Gasteiger partial charge in [-0.15, -0.1) is 0 Å². The molecule has 0 spiro atoms. The second kappa shape index (κ2) is 13.0. The van der Waals surface area contributed by atoms with Crippen molar-refractivity contribution in [3.63, 3.8) is 0 Å². The topological polar surface area (TPSA) is 135 Å². The summed E-state index contributed by atoms with van der Waals surface area (Å²) in [6.45, 7) is 1.58. The lowest BCUT2D eigenvalue weighted by Gasteiger charge is -2.40. The van der Waals surface area contributed by atoms with Gasteiger partial charge in [-0.1, -0.05) is 12.1 Å². The van der Waals surface area contributed by atoms with Crippen LogP contribution in [0.15, 0.2) is 48.0 Å². The molecule has 3 N–H and O–H groups in total. The van der Waals surface area contributed by atoms with Gasteiger partial charge in [0.1, 0.15) is 30.9 Å². The zero-order chi connectivity index (χ0) is 28.8. The number of carbonyl (C=O) groups is 3. The molecule has 1 aliphatic heterocycles. The van der Waals surface area contributed by atoms with Crippen LogP contribution in [0.1, 0.15) is 34.3 Å². The van der Waals surface area contributed by atoms with Crippen LogP contribution in [0.5, 0.6) is 11.5 Å². The molecule has 2 aromatic carbocycles. The maximum atomic E-state index is 13.8. The molecule has 1 aliphatic carbocycles. The third kappa shape index (κ3) is 6.01. The third-order valence-electron chi connectivity index (χ3n) is 7.05. The van der Waals surface area contributed by atoms with E-state index in [0.717, 1.165) is 0 Å². The molecule has 10 nitrogen and oxygen atoms in total. The van der Waals surface area contributed by atoms with Crippen molar-refractivity contribution >= 4 is 18.1 Å². The highest BCUT2D eigenvalue weighted by Gasteiger charge is 2.51. The normalized spacial score (nSPS) is 21.0. The smallest absolute Gasteiger partial charge is 0.249 e. The largest absolute Gasteiger partial charge is 0.493 e. The fourth-order valence-corrected chi connectivity index (χ4v) is 5.21. The molecule has 11 heteroatoms. The van der Waals surface area contributed by atoms with Crippen LogP contribution in [0.25, 0.3) is 0 Å². The lowest BCUT2D eigenvalue weighted by atomic mass is 9.77. The highest BCUT2D eigenvalue weighted by molar-refractivity contribution is 5.96. The molecule has 0 aromatic heterocycles. The first-order valence-electron chi connectivity index (χ1n) is 13.1. The van der Waals surface area contributed by atoms with Crippen LogP contribution in [0.3, 0.4) is 0 Å². The van der Waals surface area contributed by atoms with E-state index < -0.39 is 41.8 Å². The van der Waals surface area contributed by atoms with Gasteiger partial charge in [0.25, 0.3) is 0 Å². The molecule has 214 valence electrons. The number of hydrogen-bond donors (Lipinski definition) is 3. The van der Waals surface area contributed by atoms with Crippen molar-refractivity contribution in [3.8, 4) is 11.5 Å². The Morgan fingerprint density at radius 3 is 2.73 bits per heavy atom. The van der Waals surface area contributed by atoms with E-state index in [0.29, 0.717) is 29.6 Å². The van der Waals surface area contributed by atoms with Gasteiger partial charge in [-0.2, -0.15) is 0 Å². The summed E-state index contributed by atoms with van der Waals surface area (Å²) in [5.41, 5.74) is 1.65. The highest BCUT2D eigenvalue weighted by atomic mass is 19.1. The van der Waals surface area contributed by atoms with E-state index in [4.69, 9.17) is 14.2 Å². The summed E-state index contributed by atoms with van der Waals surface area (Å²) in [5.74, 6) is -1.58. The number of aliphatic hydroxyl groups excluding tert-OH is 2. The number of fused-ring (bicyclic) bond motifs is 3. The number of rotatable bonds is 12. The summed E-state index contributed by atoms with van der Waals surface area (Å²) in [5, 5.41) is 23.5. The summed E-state index contributed by atoms with van der Waals surface area (Å²) < 4.78 is 30.8. The van der Waals surface area contributed by atoms with Crippen molar-refractivity contribution < 1.29 is 43.2 Å². The molecule has 2 aliphatic rings. The van der Waals surface area contributed by atoms with E-state index >= 15 is 0 Å². The number of nitrogens with one attached hydrogen (secondary N) is 1. The maximum absolute atomic E-state index is 13.8. The van der Waals surface area contributed by atoms with Gasteiger partial charge in [-0.3, -0.25) is 14.4 Å². The molecular formula is C29H33FN2O8. The van der Waals surface area contributed by atoms with E-state index in [1.165, 1.54) is 36.3 Å². The number of methoxy groups -OCH3 is 1. The van der Waals surface area contributed by atoms with Gasteiger partial charge >= 0.3 is 0 Å². The zero-order valence-electron chi connectivity index (χ0n) is 22.3. The Balaban J connectivity index is 1.76. The molecule has 4 unspecified atom stereocenters. The SMILES string of the molecule is CCOCC(=O)N(CCc1cccc(F)c1)C1C=C(C(=O)NCCO)C2c3cc(C=O)cc(OC)c3OC2C1O. The van der Waals surface area contributed by atoms with E-state index in [9.17, 15) is 29.0 Å². The molecule has 2 amide bonds. The molecule has 0 fully saturated rings. The predicted octanol–water partition coefficient (Wildman–Crippen LogP) is 1.38. The van der Waals surface area contributed by atoms with Crippen molar-refractivity contribution in [1.82, 2.24) is 10.2 Å². The van der Waals surface area contributed by atoms with Crippen molar-refractivity contribution in [2.75, 3.05) is 40.0 Å². The van der Waals surface area contributed by atoms with Crippen LogP contribution in [0.2, 0.25) is 0 Å². The molecular weight excluding hydrogens is 523 g/mol. The first-order valence-corrected chi connectivity index (χ1v) is 13.1. The molecule has 1 heterocycles. The second-order valence-electron chi connectivity index (χ2n) is 9.51. The summed E-state index contributed by atoms with van der Waals surface area (Å²) in [7, 11) is 1.42. The fourth-order valence-electron chi connectivity index (χ4n) is 5.21. The van der Waals surface area contributed by atoms with Crippen LogP contribution in [0, 0.1) is 5.82 Å². The molecule has 0 saturated carbocycles. The number of aldehydes is 1. The number of nitrogens with zero attached hydrogens (tertiary/aromatic N) is 1. The number of amides is 2. The van der Waals surface area contributed by atoms with Gasteiger partial charge in [-0.25, -0.2) is 4.39 Å². The van der Waals surface area contributed by atoms with Crippen LogP contribution in [-0.4, -0.2) is 91.5 Å². The highest BCUT2D eigenvalue weighted by Crippen LogP contribution is 2.51. The third-order valence-corrected chi connectivity index (χ3v) is 7.05. The Kier molecular flexibility index (Phi) is 9.51. The predicted molar refractivity (Wildman–Crippen MR) is 142 cm³/mol. The summed E-state index contributed by atoms with van der Waals surface area (Å²) in [4.78, 5) is 39.7. The van der Waals surface area contributed by atoms with Gasteiger partial charge < -0.3 is 34.6 Å². The van der Waals surface area contributed by atoms with Gasteiger partial charge in [0, 0.05) is 36.4 Å². The van der Waals surface area contributed by atoms with E-state index in [2.05, 4.69) is 5.32 Å². The first-order chi connectivity index (χ1) is 19.3. The Hall–Kier alpha value is -3.80. The fraction of sp³-hybridized carbons (Fsp3) is 0.414. The number of carbonyl (C=O) groups excluding carboxylic acids is 3. The van der Waals surface area contributed by atoms with Crippen molar-refractivity contribution in [2.45, 2.75) is 37.5 Å². The average molecular weight is 557 g/mol. The Morgan fingerprint density at radius 2 is 2.05 bits per heavy atom. The monoisotopic (exact) mass is 556 g/mol. The molecule has 0 radical (unpaired) electrons. The van der Waals surface area contributed by atoms with Crippen LogP contribution in [0.4, 0.5) is 4.39 Å². The molecule has 2 aromatic rings. The lowest BCUT2D eigenvalue weighted by Crippen LogP contribution is -2.56. The van der Waals surface area contributed by atoms with E-state index in [-0.39, 0.29) is 49.8 Å². The van der Waals surface area contributed by atoms with Crippen LogP contribution >= 0.6 is 0 Å². The Labute approximate surface area is 231 Å². The zero-order valence-corrected chi connectivity index (χ0v) is 22.3. The number of halogens is 1. The minimum absolute atomic E-state index is 0.0151. The minimum Gasteiger partial charge on any atom is -0.493 e. The first kappa shape index (κ1) is 29.2. The molecule has 4 rings (SSSR count). The molecule has 4 atom stereocenters. The summed E-state index contributed by atoms with van der Waals surface area (Å²) in [6.07, 6.45) is 0.173. The Bertz CT molecular complexity index is 1280. The number of hydrogen-bond acceptors (Lipinski definition) is 8. The lowest BCUT2D eigenvalue weighted by molar-refractivity contribution is -0.141. The number of benzene rings is 2. The second-order valence-corrected chi connectivity index (χ2v) is 9.51. The van der Waals surface area contributed by atoms with E-state index in [1.54, 1.807) is 25.1 Å². The van der Waals surface area contributed by atoms with Gasteiger partial charge in [-0.05, 0) is 49.2 Å². The molecule has 40 heavy (non-hydrogen) atoms. The minimum atomic E-state index is -1.28. The van der Waals surface area contributed by atoms with Gasteiger partial charge in [0.05, 0.1) is 25.7 Å². The van der Waals surface area contributed by atoms with E-state index in [1.807, 2.05) is 0 Å². The quantitative estimate of drug-likeness (QED) is 0.334. The van der Waals surface area contributed by atoms with Crippen molar-refractivity contribution in [3.05, 3.63) is 70.6 Å². The summed E-state index contributed by atoms with van der Waals surface area (Å²) in [6, 6.07) is 8.09. The van der Waals surface area contributed by atoms with Crippen LogP contribution in [-0.2, 0) is 20.7 Å². The number of aliphatic hydroxyl groups is 2. The molecule has 0 bridgehead atoms. The standard InChI is InChI=1S/C29H33FN2O8/c1-3-39-16-24(35)32(9-7-17-5-4-6-19(30)11-17)22-14-21(29(37)31-8-10-33)25-20-12-18(15-34)13-23(38-2)27(20)40-28(25)26(22)36/h4-6,11-15,22,25-26,28,33,36H,3,7-10,16H2,1-2H3,(H,31,37). The average Bonchev–Trinajstić information content (AvgIpc) is 3.35. The van der Waals surface area contributed by atoms with Crippen molar-refractivity contribution in [1.29, 1.82) is 0 Å². The molecule has 0 saturated heterocycles. The van der Waals surface area contributed by atoms with Crippen molar-refractivity contribution in [2.24, 2.45) is 0 Å². The van der Waals surface area contributed by atoms with Gasteiger partial charge in [0.15, 0.2) is 11.5 Å². The Morgan fingerprint density at radius 1 is 1.25 bits per heavy atom. The number of ether oxygens (including phenoxy) is 3.